The van der Waals surface area contributed by atoms with Crippen LogP contribution in [0.4, 0.5) is 0 Å². The minimum atomic E-state index is 0.264. The van der Waals surface area contributed by atoms with Crippen molar-refractivity contribution in [2.24, 2.45) is 0 Å². The Morgan fingerprint density at radius 2 is 2.00 bits per heavy atom. The van der Waals surface area contributed by atoms with Gasteiger partial charge in [0.25, 0.3) is 0 Å². The maximum Gasteiger partial charge on any atom is 0.0134 e. The average Bonchev–Trinajstić information content (AvgIpc) is 1.87. The molecule has 0 spiro atoms. The molecule has 0 saturated carbocycles. The smallest absolute Gasteiger partial charge is 0.0134 e. The molecule has 0 aliphatic rings. The lowest BCUT2D eigenvalue weighted by Gasteiger charge is -1.98. The van der Waals surface area contributed by atoms with E-state index in [0.29, 0.717) is 0 Å². The number of likely N-dealkylation sites (N-methyl/N-ethyl adjacent to an activating group) is 1. The van der Waals surface area contributed by atoms with Crippen LogP contribution in [0.15, 0.2) is 12.2 Å². The largest absolute Gasteiger partial charge is 0.314 e. The summed E-state index contributed by atoms with van der Waals surface area (Å²) in [5.74, 6) is 0. The molecule has 0 saturated heterocycles. The van der Waals surface area contributed by atoms with E-state index in [1.165, 1.54) is 6.16 Å². The van der Waals surface area contributed by atoms with Gasteiger partial charge in [-0.1, -0.05) is 19.1 Å². The summed E-state index contributed by atoms with van der Waals surface area (Å²) in [7, 11) is 0.264. The molecule has 1 nitrogen and oxygen atoms in total. The third-order valence-corrected chi connectivity index (χ3v) is 2.09. The Morgan fingerprint density at radius 3 is 2.50 bits per heavy atom. The fraction of sp³-hybridized carbons (Fsp3) is 0.750. The molecule has 0 aromatic heterocycles. The van der Waals surface area contributed by atoms with Crippen molar-refractivity contribution in [1.82, 2.24) is 5.32 Å². The molecule has 60 valence electrons. The van der Waals surface area contributed by atoms with Crippen molar-refractivity contribution in [2.75, 3.05) is 32.6 Å². The highest BCUT2D eigenvalue weighted by molar-refractivity contribution is 7.56. The van der Waals surface area contributed by atoms with Crippen LogP contribution in [-0.2, 0) is 0 Å². The number of nitrogens with one attached hydrogen (secondary N) is 1. The van der Waals surface area contributed by atoms with E-state index in [9.17, 15) is 0 Å². The van der Waals surface area contributed by atoms with Gasteiger partial charge >= 0.3 is 0 Å². The van der Waals surface area contributed by atoms with E-state index < -0.39 is 0 Å². The summed E-state index contributed by atoms with van der Waals surface area (Å²) in [6.45, 7) is 8.82. The molecule has 2 heteroatoms. The van der Waals surface area contributed by atoms with Gasteiger partial charge in [0, 0.05) is 6.54 Å². The SMILES string of the molecule is CCNC/C=C\CP(C)C. The predicted molar refractivity (Wildman–Crippen MR) is 51.3 cm³/mol. The molecule has 0 aliphatic carbocycles. The first-order valence-corrected chi connectivity index (χ1v) is 6.20. The van der Waals surface area contributed by atoms with Crippen LogP contribution in [-0.4, -0.2) is 32.6 Å². The van der Waals surface area contributed by atoms with E-state index in [1.807, 2.05) is 0 Å². The Kier molecular flexibility index (Phi) is 7.33. The first-order valence-electron chi connectivity index (χ1n) is 3.77. The maximum absolute atomic E-state index is 3.24. The fourth-order valence-corrected chi connectivity index (χ4v) is 1.17. The molecule has 0 bridgehead atoms. The summed E-state index contributed by atoms with van der Waals surface area (Å²) in [6.07, 6.45) is 5.75. The second-order valence-corrected chi connectivity index (χ2v) is 5.07. The van der Waals surface area contributed by atoms with Gasteiger partial charge in [-0.3, -0.25) is 0 Å². The maximum atomic E-state index is 3.24. The molecule has 0 heterocycles. The second-order valence-electron chi connectivity index (χ2n) is 2.54. The monoisotopic (exact) mass is 159 g/mol. The summed E-state index contributed by atoms with van der Waals surface area (Å²) < 4.78 is 0. The van der Waals surface area contributed by atoms with Crippen molar-refractivity contribution in [1.29, 1.82) is 0 Å². The van der Waals surface area contributed by atoms with Gasteiger partial charge < -0.3 is 5.32 Å². The van der Waals surface area contributed by atoms with Gasteiger partial charge in [-0.05, 0) is 26.0 Å². The molecule has 0 aromatic rings. The lowest BCUT2D eigenvalue weighted by molar-refractivity contribution is 0.799. The zero-order valence-electron chi connectivity index (χ0n) is 7.22. The lowest BCUT2D eigenvalue weighted by Crippen LogP contribution is -2.11. The van der Waals surface area contributed by atoms with E-state index in [-0.39, 0.29) is 7.92 Å². The van der Waals surface area contributed by atoms with Crippen LogP contribution < -0.4 is 5.32 Å². The van der Waals surface area contributed by atoms with E-state index in [4.69, 9.17) is 0 Å². The fourth-order valence-electron chi connectivity index (χ4n) is 0.596. The average molecular weight is 159 g/mol. The summed E-state index contributed by atoms with van der Waals surface area (Å²) >= 11 is 0. The zero-order valence-corrected chi connectivity index (χ0v) is 8.12. The molecule has 0 fully saturated rings. The summed E-state index contributed by atoms with van der Waals surface area (Å²) in [4.78, 5) is 0. The van der Waals surface area contributed by atoms with Crippen LogP contribution in [0.3, 0.4) is 0 Å². The third kappa shape index (κ3) is 8.13. The molecular weight excluding hydrogens is 141 g/mol. The Balaban J connectivity index is 3.04. The second kappa shape index (κ2) is 7.24. The normalized spacial score (nSPS) is 11.6. The highest BCUT2D eigenvalue weighted by atomic mass is 31.1. The number of hydrogen-bond donors (Lipinski definition) is 1. The topological polar surface area (TPSA) is 12.0 Å². The molecule has 1 N–H and O–H groups in total. The van der Waals surface area contributed by atoms with Gasteiger partial charge in [0.15, 0.2) is 0 Å². The summed E-state index contributed by atoms with van der Waals surface area (Å²) in [5, 5.41) is 3.24. The van der Waals surface area contributed by atoms with Gasteiger partial charge in [0.2, 0.25) is 0 Å². The lowest BCUT2D eigenvalue weighted by atomic mass is 10.5. The molecule has 0 aromatic carbocycles. The number of rotatable bonds is 5. The first kappa shape index (κ1) is 10.1. The van der Waals surface area contributed by atoms with Crippen molar-refractivity contribution in [3.8, 4) is 0 Å². The summed E-state index contributed by atoms with van der Waals surface area (Å²) in [5.41, 5.74) is 0. The van der Waals surface area contributed by atoms with Crippen LogP contribution in [0.1, 0.15) is 6.92 Å². The van der Waals surface area contributed by atoms with Crippen LogP contribution in [0.2, 0.25) is 0 Å². The highest BCUT2D eigenvalue weighted by Crippen LogP contribution is 2.23. The van der Waals surface area contributed by atoms with E-state index in [0.717, 1.165) is 13.1 Å². The molecule has 0 unspecified atom stereocenters. The van der Waals surface area contributed by atoms with Crippen LogP contribution in [0, 0.1) is 0 Å². The molecule has 0 aliphatic heterocycles. The van der Waals surface area contributed by atoms with Crippen molar-refractivity contribution >= 4 is 7.92 Å². The third-order valence-electron chi connectivity index (χ3n) is 1.15. The molecule has 0 amide bonds. The zero-order chi connectivity index (χ0) is 7.82. The van der Waals surface area contributed by atoms with E-state index in [1.54, 1.807) is 0 Å². The Labute approximate surface area is 65.7 Å². The Bertz CT molecular complexity index is 89.3. The van der Waals surface area contributed by atoms with Gasteiger partial charge in [-0.2, -0.15) is 0 Å². The Hall–Kier alpha value is 0.130. The standard InChI is InChI=1S/C8H18NP/c1-4-9-7-5-6-8-10(2)3/h5-6,9H,4,7-8H2,1-3H3/b6-5-. The molecule has 0 rings (SSSR count). The van der Waals surface area contributed by atoms with Gasteiger partial charge in [0.05, 0.1) is 0 Å². The number of hydrogen-bond acceptors (Lipinski definition) is 1. The molecule has 0 atom stereocenters. The van der Waals surface area contributed by atoms with Crippen LogP contribution in [0.25, 0.3) is 0 Å². The Morgan fingerprint density at radius 1 is 1.30 bits per heavy atom. The van der Waals surface area contributed by atoms with Gasteiger partial charge in [0.1, 0.15) is 0 Å². The van der Waals surface area contributed by atoms with Crippen LogP contribution >= 0.6 is 7.92 Å². The minimum Gasteiger partial charge on any atom is -0.314 e. The van der Waals surface area contributed by atoms with E-state index >= 15 is 0 Å². The highest BCUT2D eigenvalue weighted by Gasteiger charge is 1.84. The molecule has 10 heavy (non-hydrogen) atoms. The van der Waals surface area contributed by atoms with Gasteiger partial charge in [-0.25, -0.2) is 0 Å². The van der Waals surface area contributed by atoms with Crippen molar-refractivity contribution in [3.05, 3.63) is 12.2 Å². The van der Waals surface area contributed by atoms with Crippen molar-refractivity contribution in [3.63, 3.8) is 0 Å². The molecule has 0 radical (unpaired) electrons. The van der Waals surface area contributed by atoms with Gasteiger partial charge in [-0.15, -0.1) is 7.92 Å². The summed E-state index contributed by atoms with van der Waals surface area (Å²) in [6, 6.07) is 0. The quantitative estimate of drug-likeness (QED) is 0.367. The predicted octanol–water partition coefficient (Wildman–Crippen LogP) is 1.89. The van der Waals surface area contributed by atoms with Crippen molar-refractivity contribution in [2.45, 2.75) is 6.92 Å². The minimum absolute atomic E-state index is 0.264. The first-order chi connectivity index (χ1) is 4.77. The van der Waals surface area contributed by atoms with E-state index in [2.05, 4.69) is 37.7 Å². The van der Waals surface area contributed by atoms with Crippen LogP contribution in [0.5, 0.6) is 0 Å². The molecular formula is C8H18NP. The number of allylic oxidation sites excluding steroid dienone is 1. The van der Waals surface area contributed by atoms with Crippen molar-refractivity contribution < 1.29 is 0 Å².